The van der Waals surface area contributed by atoms with E-state index in [4.69, 9.17) is 18.9 Å². The van der Waals surface area contributed by atoms with Crippen LogP contribution in [0.1, 0.15) is 17.5 Å². The van der Waals surface area contributed by atoms with Crippen LogP contribution >= 0.6 is 0 Å². The van der Waals surface area contributed by atoms with Crippen LogP contribution in [0.5, 0.6) is 0 Å². The van der Waals surface area contributed by atoms with Crippen LogP contribution in [0.15, 0.2) is 60.7 Å². The standard InChI is InChI=1S/C20H24O4/c1-21-20-12-18(23-14-17-10-6-3-7-11-17)19(24-20)15-22-13-16-8-4-2-5-9-16/h2-11,18-20H,12-15H2,1H3/t18-,19+,20+/m0/s1. The lowest BCUT2D eigenvalue weighted by Gasteiger charge is -2.19. The molecule has 3 rings (SSSR count). The van der Waals surface area contributed by atoms with Crippen LogP contribution in [0, 0.1) is 0 Å². The number of methoxy groups -OCH3 is 1. The first-order valence-corrected chi connectivity index (χ1v) is 8.30. The third-order valence-electron chi connectivity index (χ3n) is 4.13. The third-order valence-corrected chi connectivity index (χ3v) is 4.13. The molecule has 4 heteroatoms. The van der Waals surface area contributed by atoms with Crippen LogP contribution in [0.3, 0.4) is 0 Å². The highest BCUT2D eigenvalue weighted by molar-refractivity contribution is 5.14. The molecule has 1 aliphatic rings. The lowest BCUT2D eigenvalue weighted by molar-refractivity contribution is -0.137. The van der Waals surface area contributed by atoms with E-state index >= 15 is 0 Å². The molecule has 0 unspecified atom stereocenters. The molecule has 24 heavy (non-hydrogen) atoms. The summed E-state index contributed by atoms with van der Waals surface area (Å²) in [5.41, 5.74) is 2.31. The lowest BCUT2D eigenvalue weighted by atomic mass is 10.2. The van der Waals surface area contributed by atoms with Gasteiger partial charge in [-0.1, -0.05) is 60.7 Å². The fourth-order valence-electron chi connectivity index (χ4n) is 2.80. The van der Waals surface area contributed by atoms with Crippen LogP contribution in [-0.4, -0.2) is 32.2 Å². The molecule has 1 saturated heterocycles. The molecular formula is C20H24O4. The minimum absolute atomic E-state index is 0.0223. The Kier molecular flexibility index (Phi) is 6.38. The zero-order valence-corrected chi connectivity index (χ0v) is 14.0. The number of rotatable bonds is 8. The monoisotopic (exact) mass is 328 g/mol. The Morgan fingerprint density at radius 1 is 0.917 bits per heavy atom. The van der Waals surface area contributed by atoms with Crippen molar-refractivity contribution in [2.75, 3.05) is 13.7 Å². The number of benzene rings is 2. The molecule has 2 aromatic rings. The maximum atomic E-state index is 6.05. The average Bonchev–Trinajstić information content (AvgIpc) is 3.04. The van der Waals surface area contributed by atoms with E-state index in [1.807, 2.05) is 36.4 Å². The Bertz CT molecular complexity index is 587. The zero-order chi connectivity index (χ0) is 16.6. The van der Waals surface area contributed by atoms with Crippen molar-refractivity contribution in [2.24, 2.45) is 0 Å². The molecule has 1 fully saturated rings. The van der Waals surface area contributed by atoms with Gasteiger partial charge in [-0.2, -0.15) is 0 Å². The summed E-state index contributed by atoms with van der Waals surface area (Å²) in [7, 11) is 1.66. The highest BCUT2D eigenvalue weighted by atomic mass is 16.7. The predicted molar refractivity (Wildman–Crippen MR) is 91.4 cm³/mol. The highest BCUT2D eigenvalue weighted by Gasteiger charge is 2.36. The van der Waals surface area contributed by atoms with Gasteiger partial charge < -0.3 is 18.9 Å². The maximum Gasteiger partial charge on any atom is 0.160 e. The molecule has 0 N–H and O–H groups in total. The van der Waals surface area contributed by atoms with Gasteiger partial charge in [-0.25, -0.2) is 0 Å². The van der Waals surface area contributed by atoms with Gasteiger partial charge in [-0.05, 0) is 11.1 Å². The van der Waals surface area contributed by atoms with Gasteiger partial charge in [0.25, 0.3) is 0 Å². The summed E-state index contributed by atoms with van der Waals surface area (Å²) < 4.78 is 23.1. The van der Waals surface area contributed by atoms with E-state index in [2.05, 4.69) is 24.3 Å². The van der Waals surface area contributed by atoms with Gasteiger partial charge in [0.05, 0.1) is 25.9 Å². The molecule has 4 nitrogen and oxygen atoms in total. The number of hydrogen-bond donors (Lipinski definition) is 0. The molecule has 2 aromatic carbocycles. The van der Waals surface area contributed by atoms with E-state index < -0.39 is 0 Å². The molecule has 128 valence electrons. The fourth-order valence-corrected chi connectivity index (χ4v) is 2.80. The second kappa shape index (κ2) is 8.94. The van der Waals surface area contributed by atoms with Crippen LogP contribution in [0.2, 0.25) is 0 Å². The molecule has 3 atom stereocenters. The molecule has 0 amide bonds. The van der Waals surface area contributed by atoms with Crippen molar-refractivity contribution in [1.29, 1.82) is 0 Å². The highest BCUT2D eigenvalue weighted by Crippen LogP contribution is 2.25. The summed E-state index contributed by atoms with van der Waals surface area (Å²) in [6.07, 6.45) is 0.368. The van der Waals surface area contributed by atoms with Crippen molar-refractivity contribution < 1.29 is 18.9 Å². The van der Waals surface area contributed by atoms with Crippen LogP contribution in [-0.2, 0) is 32.2 Å². The summed E-state index contributed by atoms with van der Waals surface area (Å²) in [4.78, 5) is 0. The van der Waals surface area contributed by atoms with E-state index in [1.165, 1.54) is 0 Å². The van der Waals surface area contributed by atoms with Crippen molar-refractivity contribution in [1.82, 2.24) is 0 Å². The van der Waals surface area contributed by atoms with Crippen LogP contribution in [0.4, 0.5) is 0 Å². The van der Waals surface area contributed by atoms with Gasteiger partial charge in [0.1, 0.15) is 6.10 Å². The normalized spacial score (nSPS) is 23.5. The molecule has 0 spiro atoms. The molecule has 0 radical (unpaired) electrons. The molecule has 1 aliphatic heterocycles. The molecule has 0 aromatic heterocycles. The van der Waals surface area contributed by atoms with Gasteiger partial charge in [-0.3, -0.25) is 0 Å². The van der Waals surface area contributed by atoms with Crippen molar-refractivity contribution in [3.05, 3.63) is 71.8 Å². The molecular weight excluding hydrogens is 304 g/mol. The van der Waals surface area contributed by atoms with E-state index in [9.17, 15) is 0 Å². The summed E-state index contributed by atoms with van der Waals surface area (Å²) in [6, 6.07) is 20.3. The summed E-state index contributed by atoms with van der Waals surface area (Å²) in [5.74, 6) is 0. The minimum Gasteiger partial charge on any atom is -0.374 e. The van der Waals surface area contributed by atoms with Crippen molar-refractivity contribution in [3.8, 4) is 0 Å². The van der Waals surface area contributed by atoms with Crippen molar-refractivity contribution in [2.45, 2.75) is 38.1 Å². The van der Waals surface area contributed by atoms with E-state index in [1.54, 1.807) is 7.11 Å². The first-order chi connectivity index (χ1) is 11.8. The second-order valence-electron chi connectivity index (χ2n) is 5.91. The first-order valence-electron chi connectivity index (χ1n) is 8.30. The van der Waals surface area contributed by atoms with E-state index in [-0.39, 0.29) is 18.5 Å². The van der Waals surface area contributed by atoms with Crippen molar-refractivity contribution in [3.63, 3.8) is 0 Å². The smallest absolute Gasteiger partial charge is 0.160 e. The Balaban J connectivity index is 1.49. The minimum atomic E-state index is -0.226. The van der Waals surface area contributed by atoms with E-state index in [0.29, 0.717) is 19.8 Å². The number of hydrogen-bond acceptors (Lipinski definition) is 4. The maximum absolute atomic E-state index is 6.05. The molecule has 0 saturated carbocycles. The summed E-state index contributed by atoms with van der Waals surface area (Å²) in [6.45, 7) is 1.64. The van der Waals surface area contributed by atoms with Gasteiger partial charge in [-0.15, -0.1) is 0 Å². The second-order valence-corrected chi connectivity index (χ2v) is 5.91. The SMILES string of the molecule is CO[C@H]1C[C@H](OCc2ccccc2)[C@@H](COCc2ccccc2)O1. The third kappa shape index (κ3) is 4.89. The van der Waals surface area contributed by atoms with Gasteiger partial charge >= 0.3 is 0 Å². The van der Waals surface area contributed by atoms with Gasteiger partial charge in [0.15, 0.2) is 6.29 Å². The topological polar surface area (TPSA) is 36.9 Å². The average molecular weight is 328 g/mol. The number of ether oxygens (including phenoxy) is 4. The van der Waals surface area contributed by atoms with Gasteiger partial charge in [0.2, 0.25) is 0 Å². The van der Waals surface area contributed by atoms with Crippen LogP contribution in [0.25, 0.3) is 0 Å². The molecule has 1 heterocycles. The van der Waals surface area contributed by atoms with Crippen molar-refractivity contribution >= 4 is 0 Å². The largest absolute Gasteiger partial charge is 0.374 e. The lowest BCUT2D eigenvalue weighted by Crippen LogP contribution is -2.29. The Morgan fingerprint density at radius 2 is 1.54 bits per heavy atom. The first kappa shape index (κ1) is 17.1. The Hall–Kier alpha value is -1.72. The fraction of sp³-hybridized carbons (Fsp3) is 0.400. The summed E-state index contributed by atoms with van der Waals surface area (Å²) >= 11 is 0. The quantitative estimate of drug-likeness (QED) is 0.742. The summed E-state index contributed by atoms with van der Waals surface area (Å²) in [5, 5.41) is 0. The van der Waals surface area contributed by atoms with Crippen LogP contribution < -0.4 is 0 Å². The Labute approximate surface area is 143 Å². The van der Waals surface area contributed by atoms with Gasteiger partial charge in [0, 0.05) is 13.5 Å². The molecule has 0 aliphatic carbocycles. The molecule has 0 bridgehead atoms. The zero-order valence-electron chi connectivity index (χ0n) is 14.0. The Morgan fingerprint density at radius 3 is 2.17 bits per heavy atom. The van der Waals surface area contributed by atoms with E-state index in [0.717, 1.165) is 17.5 Å². The predicted octanol–water partition coefficient (Wildman–Crippen LogP) is 3.55.